The molecule has 0 saturated carbocycles. The number of fused-ring (bicyclic) bond motifs is 5. The fourth-order valence-electron chi connectivity index (χ4n) is 7.91. The van der Waals surface area contributed by atoms with Crippen LogP contribution in [0.25, 0.3) is 32.8 Å². The smallest absolute Gasteiger partial charge is 0.319 e. The van der Waals surface area contributed by atoms with E-state index in [2.05, 4.69) is 20.1 Å². The zero-order chi connectivity index (χ0) is 28.6. The van der Waals surface area contributed by atoms with Crippen molar-refractivity contribution in [1.29, 1.82) is 0 Å². The predicted molar refractivity (Wildman–Crippen MR) is 159 cm³/mol. The number of nitrogens with one attached hydrogen (secondary N) is 1. The van der Waals surface area contributed by atoms with E-state index in [1.165, 1.54) is 18.2 Å². The Morgan fingerprint density at radius 1 is 1.05 bits per heavy atom. The van der Waals surface area contributed by atoms with E-state index in [4.69, 9.17) is 21.3 Å². The maximum Gasteiger partial charge on any atom is 0.319 e. The quantitative estimate of drug-likeness (QED) is 0.293. The molecule has 0 radical (unpaired) electrons. The third-order valence-corrected chi connectivity index (χ3v) is 10.1. The second-order valence-corrected chi connectivity index (χ2v) is 12.8. The van der Waals surface area contributed by atoms with Gasteiger partial charge in [-0.1, -0.05) is 23.7 Å². The van der Waals surface area contributed by atoms with E-state index in [0.717, 1.165) is 51.6 Å². The van der Waals surface area contributed by atoms with E-state index in [1.807, 2.05) is 0 Å². The number of hydrogen-bond acceptors (Lipinski definition) is 7. The summed E-state index contributed by atoms with van der Waals surface area (Å²) in [6, 6.07) is 10.1. The number of hydrogen-bond donors (Lipinski definition) is 2. The highest BCUT2D eigenvalue weighted by molar-refractivity contribution is 6.36. The molecule has 7 nitrogen and oxygen atoms in total. The second kappa shape index (κ2) is 9.89. The molecular weight excluding hydrogens is 560 g/mol. The van der Waals surface area contributed by atoms with E-state index in [9.17, 15) is 5.11 Å². The molecule has 42 heavy (non-hydrogen) atoms. The minimum Gasteiger partial charge on any atom is -0.508 e. The molecule has 4 aliphatic rings. The van der Waals surface area contributed by atoms with Crippen molar-refractivity contribution in [2.45, 2.75) is 56.1 Å². The van der Waals surface area contributed by atoms with Crippen LogP contribution in [-0.4, -0.2) is 70.4 Å². The van der Waals surface area contributed by atoms with Gasteiger partial charge in [-0.2, -0.15) is 9.97 Å². The second-order valence-electron chi connectivity index (χ2n) is 12.4. The monoisotopic (exact) mass is 591 g/mol. The van der Waals surface area contributed by atoms with Crippen LogP contribution in [0.5, 0.6) is 11.8 Å². The van der Waals surface area contributed by atoms with E-state index in [-0.39, 0.29) is 33.9 Å². The highest BCUT2D eigenvalue weighted by Gasteiger charge is 2.45. The lowest BCUT2D eigenvalue weighted by Crippen LogP contribution is -2.51. The number of aromatic nitrogens is 2. The molecule has 0 amide bonds. The van der Waals surface area contributed by atoms with E-state index in [1.54, 1.807) is 18.2 Å². The number of anilines is 1. The first-order valence-corrected chi connectivity index (χ1v) is 15.3. The van der Waals surface area contributed by atoms with Crippen LogP contribution >= 0.6 is 11.6 Å². The highest BCUT2D eigenvalue weighted by atomic mass is 35.5. The third kappa shape index (κ3) is 4.19. The third-order valence-electron chi connectivity index (χ3n) is 9.82. The highest BCUT2D eigenvalue weighted by Crippen LogP contribution is 2.43. The summed E-state index contributed by atoms with van der Waals surface area (Å²) >= 11 is 6.53. The van der Waals surface area contributed by atoms with Crippen molar-refractivity contribution >= 4 is 39.1 Å². The number of phenols is 1. The molecule has 0 unspecified atom stereocenters. The van der Waals surface area contributed by atoms with Crippen LogP contribution in [0, 0.1) is 11.6 Å². The first-order chi connectivity index (χ1) is 20.4. The summed E-state index contributed by atoms with van der Waals surface area (Å²) in [6.07, 6.45) is 6.50. The van der Waals surface area contributed by atoms with Gasteiger partial charge < -0.3 is 20.1 Å². The zero-order valence-electron chi connectivity index (χ0n) is 23.2. The summed E-state index contributed by atoms with van der Waals surface area (Å²) in [7, 11) is 0. The van der Waals surface area contributed by atoms with Crippen molar-refractivity contribution in [3.63, 3.8) is 0 Å². The first-order valence-electron chi connectivity index (χ1n) is 14.9. The van der Waals surface area contributed by atoms with Crippen molar-refractivity contribution < 1.29 is 18.6 Å². The van der Waals surface area contributed by atoms with Crippen molar-refractivity contribution in [3.8, 4) is 22.9 Å². The largest absolute Gasteiger partial charge is 0.508 e. The number of piperazine rings is 1. The first kappa shape index (κ1) is 26.4. The Labute approximate surface area is 247 Å². The standard InChI is InChI=1S/C32H32ClF2N5O2/c33-24-5-1-4-18-12-21(41)13-22(26(18)24)27-25(34)14-23-29(28(27)35)37-31(42-17-32-8-2-10-40(32)11-3-9-32)38-30(23)39-15-19-6-7-20(16-39)36-19/h1,4-5,12-14,19-20,36,41H,2-3,6-11,15-17H2/t19-,20+. The topological polar surface area (TPSA) is 73.8 Å². The number of phenolic OH excluding ortho intramolecular Hbond substituents is 1. The van der Waals surface area contributed by atoms with Crippen LogP contribution in [-0.2, 0) is 0 Å². The molecule has 4 fully saturated rings. The molecule has 10 heteroatoms. The zero-order valence-corrected chi connectivity index (χ0v) is 23.9. The normalized spacial score (nSPS) is 23.3. The van der Waals surface area contributed by atoms with E-state index < -0.39 is 11.6 Å². The molecule has 2 N–H and O–H groups in total. The Hall–Kier alpha value is -3.27. The average Bonchev–Trinajstić information content (AvgIpc) is 3.65. The van der Waals surface area contributed by atoms with Gasteiger partial charge in [0, 0.05) is 46.5 Å². The van der Waals surface area contributed by atoms with Gasteiger partial charge in [-0.25, -0.2) is 8.78 Å². The van der Waals surface area contributed by atoms with Gasteiger partial charge in [0.15, 0.2) is 5.82 Å². The van der Waals surface area contributed by atoms with Gasteiger partial charge in [-0.05, 0) is 81.3 Å². The molecule has 4 aliphatic heterocycles. The van der Waals surface area contributed by atoms with Crippen molar-refractivity contribution in [1.82, 2.24) is 20.2 Å². The molecule has 0 aliphatic carbocycles. The molecule has 4 aromatic rings. The molecule has 0 spiro atoms. The van der Waals surface area contributed by atoms with Gasteiger partial charge in [-0.15, -0.1) is 0 Å². The molecule has 1 aromatic heterocycles. The number of aromatic hydroxyl groups is 1. The molecule has 218 valence electrons. The number of halogens is 3. The summed E-state index contributed by atoms with van der Waals surface area (Å²) in [6.45, 7) is 3.95. The Bertz CT molecular complexity index is 1710. The maximum absolute atomic E-state index is 16.7. The van der Waals surface area contributed by atoms with E-state index >= 15 is 8.78 Å². The SMILES string of the molecule is Oc1cc(-c2c(F)cc3c(N4C[C@H]5CC[C@@H](C4)N5)nc(OCC45CCCN4CCC5)nc3c2F)c2c(Cl)cccc2c1. The summed E-state index contributed by atoms with van der Waals surface area (Å²) in [5.41, 5.74) is -0.158. The van der Waals surface area contributed by atoms with Crippen LogP contribution in [0.2, 0.25) is 5.02 Å². The molecular formula is C32H32ClF2N5O2. The van der Waals surface area contributed by atoms with Crippen molar-refractivity contribution in [2.75, 3.05) is 37.7 Å². The minimum absolute atomic E-state index is 0.00646. The summed E-state index contributed by atoms with van der Waals surface area (Å²) in [5.74, 6) is -1.22. The van der Waals surface area contributed by atoms with Crippen LogP contribution in [0.4, 0.5) is 14.6 Å². The Kier molecular flexibility index (Phi) is 6.21. The number of rotatable bonds is 5. The minimum atomic E-state index is -0.829. The average molecular weight is 592 g/mol. The molecule has 3 aromatic carbocycles. The molecule has 2 atom stereocenters. The lowest BCUT2D eigenvalue weighted by molar-refractivity contribution is 0.108. The summed E-state index contributed by atoms with van der Waals surface area (Å²) < 4.78 is 39.1. The molecule has 4 saturated heterocycles. The van der Waals surface area contributed by atoms with Crippen LogP contribution < -0.4 is 15.0 Å². The summed E-state index contributed by atoms with van der Waals surface area (Å²) in [5, 5.41) is 15.8. The lowest BCUT2D eigenvalue weighted by Gasteiger charge is -2.34. The molecule has 5 heterocycles. The van der Waals surface area contributed by atoms with Crippen LogP contribution in [0.1, 0.15) is 38.5 Å². The van der Waals surface area contributed by atoms with Gasteiger partial charge in [0.2, 0.25) is 0 Å². The fourth-order valence-corrected chi connectivity index (χ4v) is 8.19. The van der Waals surface area contributed by atoms with Gasteiger partial charge in [0.25, 0.3) is 0 Å². The molecule has 2 bridgehead atoms. The Morgan fingerprint density at radius 3 is 2.57 bits per heavy atom. The predicted octanol–water partition coefficient (Wildman–Crippen LogP) is 6.04. The summed E-state index contributed by atoms with van der Waals surface area (Å²) in [4.78, 5) is 14.0. The van der Waals surface area contributed by atoms with Crippen LogP contribution in [0.3, 0.4) is 0 Å². The Morgan fingerprint density at radius 2 is 1.81 bits per heavy atom. The molecule has 8 rings (SSSR count). The maximum atomic E-state index is 16.7. The van der Waals surface area contributed by atoms with Crippen LogP contribution in [0.15, 0.2) is 36.4 Å². The van der Waals surface area contributed by atoms with Crippen molar-refractivity contribution in [2.24, 2.45) is 0 Å². The fraction of sp³-hybridized carbons (Fsp3) is 0.438. The van der Waals surface area contributed by atoms with Gasteiger partial charge in [-0.3, -0.25) is 4.90 Å². The van der Waals surface area contributed by atoms with Gasteiger partial charge in [0.1, 0.15) is 29.5 Å². The number of nitrogens with zero attached hydrogens (tertiary/aromatic N) is 4. The van der Waals surface area contributed by atoms with Gasteiger partial charge in [0.05, 0.1) is 11.1 Å². The van der Waals surface area contributed by atoms with Gasteiger partial charge >= 0.3 is 6.01 Å². The number of ether oxygens (including phenoxy) is 1. The van der Waals surface area contributed by atoms with E-state index in [0.29, 0.717) is 58.8 Å². The number of benzene rings is 3. The van der Waals surface area contributed by atoms with Crippen molar-refractivity contribution in [3.05, 3.63) is 53.1 Å². The Balaban J connectivity index is 1.29. The lowest BCUT2D eigenvalue weighted by atomic mass is 9.95.